The molecule has 0 aliphatic heterocycles. The van der Waals surface area contributed by atoms with Crippen molar-refractivity contribution in [2.24, 2.45) is 0 Å². The fourth-order valence-electron chi connectivity index (χ4n) is 2.22. The normalized spacial score (nSPS) is 13.2. The molecule has 1 heterocycles. The summed E-state index contributed by atoms with van der Waals surface area (Å²) in [6.45, 7) is 0. The van der Waals surface area contributed by atoms with E-state index in [1.165, 1.54) is 0 Å². The van der Waals surface area contributed by atoms with Crippen LogP contribution in [-0.2, 0) is 12.8 Å². The van der Waals surface area contributed by atoms with Crippen molar-refractivity contribution in [2.75, 3.05) is 12.4 Å². The van der Waals surface area contributed by atoms with E-state index in [1.807, 2.05) is 31.3 Å². The Morgan fingerprint density at radius 1 is 1.11 bits per heavy atom. The Morgan fingerprint density at radius 2 is 1.94 bits per heavy atom. The van der Waals surface area contributed by atoms with Crippen molar-refractivity contribution < 1.29 is 4.74 Å². The molecule has 1 aromatic carbocycles. The van der Waals surface area contributed by atoms with Crippen LogP contribution in [-0.4, -0.2) is 17.0 Å². The number of ether oxygens (including phenoxy) is 1. The Labute approximate surface area is 106 Å². The molecule has 3 rings (SSSR count). The molecule has 1 aliphatic rings. The molecule has 18 heavy (non-hydrogen) atoms. The van der Waals surface area contributed by atoms with Gasteiger partial charge < -0.3 is 10.1 Å². The molecule has 0 bridgehead atoms. The maximum Gasteiger partial charge on any atom is 0.225 e. The number of rotatable bonds is 3. The lowest BCUT2D eigenvalue weighted by Crippen LogP contribution is -1.96. The minimum Gasteiger partial charge on any atom is -0.439 e. The van der Waals surface area contributed by atoms with Gasteiger partial charge in [-0.1, -0.05) is 0 Å². The molecular formula is C14H15N3O. The number of aryl methyl sites for hydroxylation is 1. The second-order valence-corrected chi connectivity index (χ2v) is 4.33. The van der Waals surface area contributed by atoms with Crippen LogP contribution in [0.1, 0.15) is 17.7 Å². The summed E-state index contributed by atoms with van der Waals surface area (Å²) in [7, 11) is 1.90. The fourth-order valence-corrected chi connectivity index (χ4v) is 2.22. The number of nitrogens with one attached hydrogen (secondary N) is 1. The van der Waals surface area contributed by atoms with Gasteiger partial charge in [0.15, 0.2) is 0 Å². The zero-order chi connectivity index (χ0) is 12.4. The van der Waals surface area contributed by atoms with Crippen LogP contribution in [0.15, 0.2) is 30.6 Å². The standard InChI is InChI=1S/C14H15N3O/c1-15-10-5-7-11(8-6-10)18-14-12-3-2-4-13(12)16-9-17-14/h5-9,15H,2-4H2,1H3. The average molecular weight is 241 g/mol. The van der Waals surface area contributed by atoms with Crippen LogP contribution < -0.4 is 10.1 Å². The van der Waals surface area contributed by atoms with Gasteiger partial charge in [0.1, 0.15) is 12.1 Å². The summed E-state index contributed by atoms with van der Waals surface area (Å²) in [5.74, 6) is 1.51. The summed E-state index contributed by atoms with van der Waals surface area (Å²) < 4.78 is 5.84. The molecule has 92 valence electrons. The minimum absolute atomic E-state index is 0.703. The molecule has 1 aromatic heterocycles. The highest BCUT2D eigenvalue weighted by Gasteiger charge is 2.18. The number of anilines is 1. The first-order chi connectivity index (χ1) is 8.86. The van der Waals surface area contributed by atoms with Gasteiger partial charge in [-0.3, -0.25) is 0 Å². The van der Waals surface area contributed by atoms with E-state index in [1.54, 1.807) is 6.33 Å². The maximum atomic E-state index is 5.84. The lowest BCUT2D eigenvalue weighted by molar-refractivity contribution is 0.455. The smallest absolute Gasteiger partial charge is 0.225 e. The van der Waals surface area contributed by atoms with Crippen molar-refractivity contribution in [3.8, 4) is 11.6 Å². The zero-order valence-corrected chi connectivity index (χ0v) is 10.3. The Hall–Kier alpha value is -2.10. The van der Waals surface area contributed by atoms with Gasteiger partial charge >= 0.3 is 0 Å². The molecule has 4 nitrogen and oxygen atoms in total. The lowest BCUT2D eigenvalue weighted by atomic mass is 10.2. The molecule has 0 saturated carbocycles. The molecule has 2 aromatic rings. The van der Waals surface area contributed by atoms with Crippen LogP contribution >= 0.6 is 0 Å². The Balaban J connectivity index is 1.86. The van der Waals surface area contributed by atoms with Crippen LogP contribution in [0, 0.1) is 0 Å². The monoisotopic (exact) mass is 241 g/mol. The number of aromatic nitrogens is 2. The second kappa shape index (κ2) is 4.64. The number of hydrogen-bond donors (Lipinski definition) is 1. The van der Waals surface area contributed by atoms with Crippen LogP contribution in [0.4, 0.5) is 5.69 Å². The van der Waals surface area contributed by atoms with Crippen molar-refractivity contribution in [1.29, 1.82) is 0 Å². The molecule has 0 atom stereocenters. The minimum atomic E-state index is 0.703. The molecular weight excluding hydrogens is 226 g/mol. The van der Waals surface area contributed by atoms with E-state index in [4.69, 9.17) is 4.74 Å². The first kappa shape index (κ1) is 11.0. The van der Waals surface area contributed by atoms with Gasteiger partial charge in [0.05, 0.1) is 5.69 Å². The highest BCUT2D eigenvalue weighted by atomic mass is 16.5. The lowest BCUT2D eigenvalue weighted by Gasteiger charge is -2.09. The van der Waals surface area contributed by atoms with E-state index >= 15 is 0 Å². The Kier molecular flexibility index (Phi) is 2.84. The molecule has 0 unspecified atom stereocenters. The Bertz CT molecular complexity index is 551. The van der Waals surface area contributed by atoms with Crippen molar-refractivity contribution in [1.82, 2.24) is 9.97 Å². The van der Waals surface area contributed by atoms with Gasteiger partial charge in [-0.05, 0) is 43.5 Å². The number of hydrogen-bond acceptors (Lipinski definition) is 4. The first-order valence-corrected chi connectivity index (χ1v) is 6.15. The van der Waals surface area contributed by atoms with Gasteiger partial charge in [0.25, 0.3) is 0 Å². The second-order valence-electron chi connectivity index (χ2n) is 4.33. The Morgan fingerprint density at radius 3 is 2.72 bits per heavy atom. The van der Waals surface area contributed by atoms with Crippen LogP contribution in [0.5, 0.6) is 11.6 Å². The largest absolute Gasteiger partial charge is 0.439 e. The molecule has 0 spiro atoms. The van der Waals surface area contributed by atoms with Crippen LogP contribution in [0.3, 0.4) is 0 Å². The zero-order valence-electron chi connectivity index (χ0n) is 10.3. The maximum absolute atomic E-state index is 5.84. The number of fused-ring (bicyclic) bond motifs is 1. The van der Waals surface area contributed by atoms with E-state index in [0.717, 1.165) is 42.0 Å². The fraction of sp³-hybridized carbons (Fsp3) is 0.286. The van der Waals surface area contributed by atoms with E-state index in [2.05, 4.69) is 15.3 Å². The van der Waals surface area contributed by atoms with Gasteiger partial charge in [0.2, 0.25) is 5.88 Å². The average Bonchev–Trinajstić information content (AvgIpc) is 2.89. The SMILES string of the molecule is CNc1ccc(Oc2ncnc3c2CCC3)cc1. The van der Waals surface area contributed by atoms with Crippen molar-refractivity contribution >= 4 is 5.69 Å². The third-order valence-electron chi connectivity index (χ3n) is 3.19. The third kappa shape index (κ3) is 2.01. The molecule has 4 heteroatoms. The van der Waals surface area contributed by atoms with Crippen LogP contribution in [0.2, 0.25) is 0 Å². The molecule has 0 fully saturated rings. The van der Waals surface area contributed by atoms with Crippen molar-refractivity contribution in [3.63, 3.8) is 0 Å². The number of benzene rings is 1. The molecule has 1 aliphatic carbocycles. The molecule has 0 radical (unpaired) electrons. The van der Waals surface area contributed by atoms with Gasteiger partial charge in [-0.2, -0.15) is 0 Å². The van der Waals surface area contributed by atoms with E-state index in [-0.39, 0.29) is 0 Å². The predicted molar refractivity (Wildman–Crippen MR) is 70.1 cm³/mol. The molecule has 0 saturated heterocycles. The summed E-state index contributed by atoms with van der Waals surface area (Å²) >= 11 is 0. The predicted octanol–water partition coefficient (Wildman–Crippen LogP) is 2.80. The highest BCUT2D eigenvalue weighted by molar-refractivity contribution is 5.46. The summed E-state index contributed by atoms with van der Waals surface area (Å²) in [5, 5.41) is 3.08. The summed E-state index contributed by atoms with van der Waals surface area (Å²) in [5.41, 5.74) is 3.36. The van der Waals surface area contributed by atoms with E-state index < -0.39 is 0 Å². The summed E-state index contributed by atoms with van der Waals surface area (Å²) in [6.07, 6.45) is 4.78. The van der Waals surface area contributed by atoms with Crippen LogP contribution in [0.25, 0.3) is 0 Å². The van der Waals surface area contributed by atoms with Crippen molar-refractivity contribution in [2.45, 2.75) is 19.3 Å². The highest BCUT2D eigenvalue weighted by Crippen LogP contribution is 2.30. The quantitative estimate of drug-likeness (QED) is 0.897. The third-order valence-corrected chi connectivity index (χ3v) is 3.19. The summed E-state index contributed by atoms with van der Waals surface area (Å²) in [4.78, 5) is 8.53. The summed E-state index contributed by atoms with van der Waals surface area (Å²) in [6, 6.07) is 7.85. The first-order valence-electron chi connectivity index (χ1n) is 6.15. The number of nitrogens with zero attached hydrogens (tertiary/aromatic N) is 2. The van der Waals surface area contributed by atoms with E-state index in [0.29, 0.717) is 5.88 Å². The van der Waals surface area contributed by atoms with Gasteiger partial charge in [0, 0.05) is 18.3 Å². The van der Waals surface area contributed by atoms with Crippen molar-refractivity contribution in [3.05, 3.63) is 41.9 Å². The van der Waals surface area contributed by atoms with Gasteiger partial charge in [-0.15, -0.1) is 0 Å². The van der Waals surface area contributed by atoms with Gasteiger partial charge in [-0.25, -0.2) is 9.97 Å². The molecule has 0 amide bonds. The molecule has 1 N–H and O–H groups in total. The topological polar surface area (TPSA) is 47.0 Å². The van der Waals surface area contributed by atoms with E-state index in [9.17, 15) is 0 Å².